The van der Waals surface area contributed by atoms with Crippen LogP contribution in [0.5, 0.6) is 17.2 Å². The SMILES string of the molecule is COc1ccc(OC(=O)NC(=N)c2ccc(CNC(=O)Cn3c(-c4cc(O)cc(NC(=O)OC(C)(C)C)c4)cnc(NC(C)C)c3=O)cc2)cc1. The summed E-state index contributed by atoms with van der Waals surface area (Å²) in [6.07, 6.45) is -0.168. The average molecular weight is 700 g/mol. The number of rotatable bonds is 11. The predicted octanol–water partition coefficient (Wildman–Crippen LogP) is 5.22. The topological polar surface area (TPSA) is 206 Å². The number of phenolic OH excluding ortho intramolecular Hbond substituents is 1. The van der Waals surface area contributed by atoms with E-state index in [-0.39, 0.29) is 47.1 Å². The number of aromatic hydroxyl groups is 1. The molecule has 51 heavy (non-hydrogen) atoms. The van der Waals surface area contributed by atoms with E-state index < -0.39 is 35.8 Å². The molecule has 0 saturated heterocycles. The van der Waals surface area contributed by atoms with Gasteiger partial charge in [0, 0.05) is 35.5 Å². The normalized spacial score (nSPS) is 11.0. The Kier molecular flexibility index (Phi) is 12.0. The maximum Gasteiger partial charge on any atom is 0.418 e. The molecule has 4 rings (SSSR count). The molecular weight excluding hydrogens is 658 g/mol. The first-order valence-corrected chi connectivity index (χ1v) is 15.9. The zero-order chi connectivity index (χ0) is 37.3. The van der Waals surface area contributed by atoms with Gasteiger partial charge in [-0.15, -0.1) is 0 Å². The van der Waals surface area contributed by atoms with Crippen molar-refractivity contribution in [3.63, 3.8) is 0 Å². The highest BCUT2D eigenvalue weighted by atomic mass is 16.6. The lowest BCUT2D eigenvalue weighted by molar-refractivity contribution is -0.121. The van der Waals surface area contributed by atoms with Gasteiger partial charge >= 0.3 is 12.2 Å². The molecule has 0 aliphatic carbocycles. The lowest BCUT2D eigenvalue weighted by Crippen LogP contribution is -2.35. The van der Waals surface area contributed by atoms with Crippen LogP contribution in [0.4, 0.5) is 21.1 Å². The molecule has 0 saturated carbocycles. The summed E-state index contributed by atoms with van der Waals surface area (Å²) in [6.45, 7) is 8.54. The van der Waals surface area contributed by atoms with Crippen LogP contribution in [-0.2, 0) is 22.6 Å². The number of benzene rings is 3. The van der Waals surface area contributed by atoms with Gasteiger partial charge < -0.3 is 30.0 Å². The molecule has 15 nitrogen and oxygen atoms in total. The third kappa shape index (κ3) is 11.1. The highest BCUT2D eigenvalue weighted by molar-refractivity contribution is 6.04. The van der Waals surface area contributed by atoms with Crippen molar-refractivity contribution < 1.29 is 33.7 Å². The lowest BCUT2D eigenvalue weighted by Gasteiger charge is -2.20. The summed E-state index contributed by atoms with van der Waals surface area (Å²) in [4.78, 5) is 55.7. The van der Waals surface area contributed by atoms with Gasteiger partial charge in [-0.1, -0.05) is 24.3 Å². The molecule has 1 aromatic heterocycles. The lowest BCUT2D eigenvalue weighted by atomic mass is 10.1. The van der Waals surface area contributed by atoms with Gasteiger partial charge in [0.15, 0.2) is 5.82 Å². The van der Waals surface area contributed by atoms with E-state index in [4.69, 9.17) is 19.6 Å². The molecule has 0 atom stereocenters. The van der Waals surface area contributed by atoms with Gasteiger partial charge in [-0.3, -0.25) is 30.2 Å². The zero-order valence-electron chi connectivity index (χ0n) is 29.1. The number of carbonyl (C=O) groups is 3. The standard InChI is InChI=1S/C36H41N7O8/c1-21(2)40-32-33(46)43(29(19-39-32)24-15-25(17-26(44)16-24)41-35(48)51-36(3,4)5)20-30(45)38-18-22-7-9-23(10-8-22)31(37)42-34(47)50-28-13-11-27(49-6)12-14-28/h7-17,19,21,44H,18,20H2,1-6H3,(H,38,45)(H,39,40)(H,41,48)(H2,37,42,47). The van der Waals surface area contributed by atoms with E-state index in [1.165, 1.54) is 36.1 Å². The minimum atomic E-state index is -0.833. The van der Waals surface area contributed by atoms with Crippen molar-refractivity contribution in [3.05, 3.63) is 94.4 Å². The fourth-order valence-electron chi connectivity index (χ4n) is 4.64. The van der Waals surface area contributed by atoms with Crippen LogP contribution in [-0.4, -0.2) is 57.3 Å². The number of phenols is 1. The quantitative estimate of drug-likeness (QED) is 0.0889. The van der Waals surface area contributed by atoms with Crippen molar-refractivity contribution in [1.82, 2.24) is 20.2 Å². The summed E-state index contributed by atoms with van der Waals surface area (Å²) in [5, 5.41) is 29.4. The fraction of sp³-hybridized carbons (Fsp3) is 0.278. The van der Waals surface area contributed by atoms with Gasteiger partial charge in [0.1, 0.15) is 35.2 Å². The zero-order valence-corrected chi connectivity index (χ0v) is 29.1. The minimum Gasteiger partial charge on any atom is -0.508 e. The van der Waals surface area contributed by atoms with Gasteiger partial charge in [0.25, 0.3) is 5.56 Å². The highest BCUT2D eigenvalue weighted by Crippen LogP contribution is 2.28. The number of amidine groups is 1. The number of amides is 3. The van der Waals surface area contributed by atoms with Gasteiger partial charge in [-0.05, 0) is 76.6 Å². The van der Waals surface area contributed by atoms with Crippen molar-refractivity contribution in [2.45, 2.75) is 59.4 Å². The van der Waals surface area contributed by atoms with Crippen molar-refractivity contribution in [1.29, 1.82) is 5.41 Å². The number of nitrogens with zero attached hydrogens (tertiary/aromatic N) is 2. The summed E-state index contributed by atoms with van der Waals surface area (Å²) in [6, 6.07) is 17.1. The van der Waals surface area contributed by atoms with Crippen LogP contribution in [0, 0.1) is 5.41 Å². The molecule has 0 aliphatic rings. The van der Waals surface area contributed by atoms with Crippen LogP contribution in [0.25, 0.3) is 11.3 Å². The number of aromatic nitrogens is 2. The first kappa shape index (κ1) is 37.4. The molecule has 268 valence electrons. The molecular formula is C36H41N7O8. The maximum atomic E-state index is 13.6. The van der Waals surface area contributed by atoms with Crippen molar-refractivity contribution in [2.24, 2.45) is 0 Å². The first-order chi connectivity index (χ1) is 24.1. The summed E-state index contributed by atoms with van der Waals surface area (Å²) < 4.78 is 16.8. The van der Waals surface area contributed by atoms with Gasteiger partial charge in [0.2, 0.25) is 5.91 Å². The number of hydrogen-bond acceptors (Lipinski definition) is 11. The van der Waals surface area contributed by atoms with Crippen LogP contribution >= 0.6 is 0 Å². The first-order valence-electron chi connectivity index (χ1n) is 15.9. The van der Waals surface area contributed by atoms with Crippen LogP contribution in [0.15, 0.2) is 77.7 Å². The Morgan fingerprint density at radius 1 is 0.961 bits per heavy atom. The third-order valence-electron chi connectivity index (χ3n) is 6.87. The van der Waals surface area contributed by atoms with Crippen LogP contribution in [0.3, 0.4) is 0 Å². The van der Waals surface area contributed by atoms with Crippen molar-refractivity contribution >= 4 is 35.4 Å². The molecule has 3 amide bonds. The largest absolute Gasteiger partial charge is 0.508 e. The summed E-state index contributed by atoms with van der Waals surface area (Å²) in [7, 11) is 1.52. The Morgan fingerprint density at radius 2 is 1.63 bits per heavy atom. The molecule has 0 bridgehead atoms. The second-order valence-corrected chi connectivity index (χ2v) is 12.6. The minimum absolute atomic E-state index is 0.0355. The molecule has 4 aromatic rings. The van der Waals surface area contributed by atoms with Crippen LogP contribution < -0.4 is 36.3 Å². The number of hydrogen-bond donors (Lipinski definition) is 6. The summed E-state index contributed by atoms with van der Waals surface area (Å²) in [5.74, 6) is 0.0417. The Bertz CT molecular complexity index is 1950. The molecule has 0 radical (unpaired) electrons. The van der Waals surface area contributed by atoms with Crippen molar-refractivity contribution in [3.8, 4) is 28.5 Å². The molecule has 0 unspecified atom stereocenters. The fourth-order valence-corrected chi connectivity index (χ4v) is 4.64. The van der Waals surface area contributed by atoms with Gasteiger partial charge in [-0.2, -0.15) is 0 Å². The summed E-state index contributed by atoms with van der Waals surface area (Å²) >= 11 is 0. The molecule has 0 spiro atoms. The Labute approximate surface area is 294 Å². The number of carbonyl (C=O) groups excluding carboxylic acids is 3. The molecule has 15 heteroatoms. The summed E-state index contributed by atoms with van der Waals surface area (Å²) in [5.41, 5.74) is 0.507. The molecule has 6 N–H and O–H groups in total. The van der Waals surface area contributed by atoms with Crippen LogP contribution in [0.2, 0.25) is 0 Å². The van der Waals surface area contributed by atoms with E-state index in [1.807, 2.05) is 13.8 Å². The highest BCUT2D eigenvalue weighted by Gasteiger charge is 2.19. The van der Waals surface area contributed by atoms with E-state index in [2.05, 4.69) is 26.3 Å². The van der Waals surface area contributed by atoms with E-state index in [0.29, 0.717) is 22.4 Å². The Hall–Kier alpha value is -6.38. The van der Waals surface area contributed by atoms with E-state index in [1.54, 1.807) is 69.3 Å². The molecule has 3 aromatic carbocycles. The number of ether oxygens (including phenoxy) is 3. The second-order valence-electron chi connectivity index (χ2n) is 12.6. The van der Waals surface area contributed by atoms with Crippen LogP contribution in [0.1, 0.15) is 45.7 Å². The van der Waals surface area contributed by atoms with Crippen molar-refractivity contribution in [2.75, 3.05) is 17.7 Å². The molecule has 1 heterocycles. The van der Waals surface area contributed by atoms with E-state index >= 15 is 0 Å². The van der Waals surface area contributed by atoms with Gasteiger partial charge in [-0.25, -0.2) is 14.6 Å². The third-order valence-corrected chi connectivity index (χ3v) is 6.87. The number of nitrogens with one attached hydrogen (secondary N) is 5. The number of methoxy groups -OCH3 is 1. The molecule has 0 fully saturated rings. The Morgan fingerprint density at radius 3 is 2.25 bits per heavy atom. The molecule has 0 aliphatic heterocycles. The number of anilines is 2. The van der Waals surface area contributed by atoms with Gasteiger partial charge in [0.05, 0.1) is 19.0 Å². The smallest absolute Gasteiger partial charge is 0.418 e. The maximum absolute atomic E-state index is 13.6. The monoisotopic (exact) mass is 699 g/mol. The average Bonchev–Trinajstić information content (AvgIpc) is 3.04. The van der Waals surface area contributed by atoms with E-state index in [9.17, 15) is 24.3 Å². The predicted molar refractivity (Wildman–Crippen MR) is 191 cm³/mol. The second kappa shape index (κ2) is 16.3. The van der Waals surface area contributed by atoms with E-state index in [0.717, 1.165) is 0 Å². The Balaban J connectivity index is 1.45.